The van der Waals surface area contributed by atoms with Crippen molar-refractivity contribution in [3.05, 3.63) is 77.6 Å². The summed E-state index contributed by atoms with van der Waals surface area (Å²) in [6, 6.07) is 12.1. The van der Waals surface area contributed by atoms with Crippen LogP contribution < -0.4 is 26.2 Å². The molecule has 3 aromatic rings. The second-order valence-electron chi connectivity index (χ2n) is 12.8. The van der Waals surface area contributed by atoms with Gasteiger partial charge in [-0.3, -0.25) is 19.1 Å². The van der Waals surface area contributed by atoms with Crippen molar-refractivity contribution in [2.45, 2.75) is 76.2 Å². The highest BCUT2D eigenvalue weighted by molar-refractivity contribution is 6.08. The summed E-state index contributed by atoms with van der Waals surface area (Å²) in [6.45, 7) is 4.14. The number of hydrogen-bond acceptors (Lipinski definition) is 9. The summed E-state index contributed by atoms with van der Waals surface area (Å²) in [5.74, 6) is -1.31. The minimum atomic E-state index is -1.89. The van der Waals surface area contributed by atoms with Crippen molar-refractivity contribution in [3.63, 3.8) is 0 Å². The van der Waals surface area contributed by atoms with Crippen LogP contribution in [0.15, 0.2) is 60.8 Å². The second-order valence-corrected chi connectivity index (χ2v) is 12.8. The summed E-state index contributed by atoms with van der Waals surface area (Å²) in [7, 11) is 0. The Balaban J connectivity index is 1.22. The number of allylic oxidation sites excluding steroid dienone is 1. The molecule has 2 saturated heterocycles. The van der Waals surface area contributed by atoms with Crippen LogP contribution in [0.4, 0.5) is 17.1 Å². The molecule has 1 aromatic heterocycles. The fourth-order valence-electron chi connectivity index (χ4n) is 6.71. The van der Waals surface area contributed by atoms with Gasteiger partial charge < -0.3 is 36.4 Å². The van der Waals surface area contributed by atoms with E-state index in [4.69, 9.17) is 5.11 Å². The van der Waals surface area contributed by atoms with E-state index in [1.165, 1.54) is 0 Å². The summed E-state index contributed by atoms with van der Waals surface area (Å²) < 4.78 is 1.70. The van der Waals surface area contributed by atoms with E-state index < -0.39 is 17.4 Å². The Morgan fingerprint density at radius 1 is 1.06 bits per heavy atom. The first-order chi connectivity index (χ1) is 23.3. The molecule has 0 unspecified atom stereocenters. The molecule has 2 fully saturated rings. The lowest BCUT2D eigenvalue weighted by Crippen LogP contribution is -2.44. The van der Waals surface area contributed by atoms with Crippen LogP contribution in [0.1, 0.15) is 55.8 Å². The molecule has 13 nitrogen and oxygen atoms in total. The number of aliphatic hydroxyl groups is 2. The minimum Gasteiger partial charge on any atom is -0.396 e. The number of aromatic nitrogens is 3. The summed E-state index contributed by atoms with van der Waals surface area (Å²) in [5, 5.41) is 41.9. The van der Waals surface area contributed by atoms with E-state index >= 15 is 0 Å². The molecular weight excluding hydrogens is 612 g/mol. The van der Waals surface area contributed by atoms with E-state index in [2.05, 4.69) is 31.6 Å². The predicted octanol–water partition coefficient (Wildman–Crippen LogP) is 2.21. The fraction of sp³-hybridized carbons (Fsp3) is 0.457. The number of hydrogen-bond donors (Lipinski definition) is 6. The van der Waals surface area contributed by atoms with Crippen LogP contribution in [0.3, 0.4) is 0 Å². The van der Waals surface area contributed by atoms with Crippen LogP contribution in [0, 0.1) is 5.92 Å². The number of fused-ring (bicyclic) bond motifs is 1. The zero-order chi connectivity index (χ0) is 33.7. The summed E-state index contributed by atoms with van der Waals surface area (Å²) in [6.07, 6.45) is 10.00. The smallest absolute Gasteiger partial charge is 0.264 e. The molecule has 254 valence electrons. The molecule has 4 atom stereocenters. The third-order valence-corrected chi connectivity index (χ3v) is 9.39. The lowest BCUT2D eigenvalue weighted by atomic mass is 9.82. The topological polar surface area (TPSA) is 174 Å². The Bertz CT molecular complexity index is 1660. The van der Waals surface area contributed by atoms with Crippen LogP contribution >= 0.6 is 0 Å². The molecule has 13 heteroatoms. The van der Waals surface area contributed by atoms with Gasteiger partial charge in [0.2, 0.25) is 11.8 Å². The molecule has 4 heterocycles. The highest BCUT2D eigenvalue weighted by Crippen LogP contribution is 2.47. The molecule has 3 aliphatic rings. The largest absolute Gasteiger partial charge is 0.396 e. The summed E-state index contributed by atoms with van der Waals surface area (Å²) in [5.41, 5.74) is 1.73. The highest BCUT2D eigenvalue weighted by atomic mass is 16.3. The van der Waals surface area contributed by atoms with E-state index in [9.17, 15) is 19.5 Å². The number of amides is 3. The van der Waals surface area contributed by atoms with Crippen molar-refractivity contribution in [2.24, 2.45) is 5.92 Å². The first-order valence-electron chi connectivity index (χ1n) is 16.8. The van der Waals surface area contributed by atoms with Gasteiger partial charge in [0.25, 0.3) is 5.91 Å². The van der Waals surface area contributed by atoms with Crippen LogP contribution in [-0.4, -0.2) is 74.7 Å². The van der Waals surface area contributed by atoms with Crippen LogP contribution in [0.25, 0.3) is 0 Å². The Labute approximate surface area is 279 Å². The number of aryl methyl sites for hydroxylation is 1. The van der Waals surface area contributed by atoms with Gasteiger partial charge in [-0.05, 0) is 81.1 Å². The Morgan fingerprint density at radius 3 is 2.44 bits per heavy atom. The second kappa shape index (κ2) is 14.8. The maximum atomic E-state index is 14.3. The van der Waals surface area contributed by atoms with E-state index in [0.29, 0.717) is 47.7 Å². The van der Waals surface area contributed by atoms with Crippen LogP contribution in [-0.2, 0) is 39.5 Å². The average Bonchev–Trinajstić information content (AvgIpc) is 3.91. The van der Waals surface area contributed by atoms with Gasteiger partial charge in [0.1, 0.15) is 0 Å². The van der Waals surface area contributed by atoms with Gasteiger partial charge in [-0.1, -0.05) is 36.4 Å². The van der Waals surface area contributed by atoms with Crippen LogP contribution in [0.2, 0.25) is 0 Å². The molecule has 48 heavy (non-hydrogen) atoms. The molecule has 0 aliphatic carbocycles. The van der Waals surface area contributed by atoms with E-state index in [1.807, 2.05) is 36.4 Å². The van der Waals surface area contributed by atoms with Gasteiger partial charge in [-0.2, -0.15) is 0 Å². The number of anilines is 3. The number of nitrogens with zero attached hydrogens (tertiary/aromatic N) is 4. The summed E-state index contributed by atoms with van der Waals surface area (Å²) >= 11 is 0. The van der Waals surface area contributed by atoms with E-state index in [-0.39, 0.29) is 37.0 Å². The third-order valence-electron chi connectivity index (χ3n) is 9.39. The molecule has 3 amide bonds. The molecule has 2 aromatic carbocycles. The van der Waals surface area contributed by atoms with Gasteiger partial charge in [0, 0.05) is 48.6 Å². The molecule has 0 spiro atoms. The molecule has 3 aliphatic heterocycles. The van der Waals surface area contributed by atoms with Crippen molar-refractivity contribution in [2.75, 3.05) is 35.2 Å². The number of carbonyl (C=O) groups excluding carboxylic acids is 3. The van der Waals surface area contributed by atoms with Crippen molar-refractivity contribution in [1.82, 2.24) is 25.6 Å². The van der Waals surface area contributed by atoms with E-state index in [0.717, 1.165) is 44.3 Å². The number of benzene rings is 2. The van der Waals surface area contributed by atoms with Gasteiger partial charge in [-0.15, -0.1) is 5.10 Å². The third kappa shape index (κ3) is 7.19. The minimum absolute atomic E-state index is 0.00418. The molecular formula is C35H44N8O5. The lowest BCUT2D eigenvalue weighted by molar-refractivity contribution is -0.139. The molecule has 6 rings (SSSR count). The van der Waals surface area contributed by atoms with Gasteiger partial charge in [0.05, 0.1) is 30.0 Å². The van der Waals surface area contributed by atoms with E-state index in [1.54, 1.807) is 40.9 Å². The predicted molar refractivity (Wildman–Crippen MR) is 181 cm³/mol. The summed E-state index contributed by atoms with van der Waals surface area (Å²) in [4.78, 5) is 41.5. The quantitative estimate of drug-likeness (QED) is 0.151. The maximum absolute atomic E-state index is 14.3. The van der Waals surface area contributed by atoms with Gasteiger partial charge in [-0.25, -0.2) is 0 Å². The number of carbonyl (C=O) groups is 3. The average molecular weight is 657 g/mol. The Hall–Kier alpha value is -4.43. The fourth-order valence-corrected chi connectivity index (χ4v) is 6.71. The van der Waals surface area contributed by atoms with Crippen molar-refractivity contribution < 1.29 is 24.6 Å². The molecule has 6 N–H and O–H groups in total. The maximum Gasteiger partial charge on any atom is 0.264 e. The Morgan fingerprint density at radius 2 is 1.77 bits per heavy atom. The van der Waals surface area contributed by atoms with Gasteiger partial charge in [0.15, 0.2) is 5.60 Å². The normalized spacial score (nSPS) is 22.7. The molecule has 0 bridgehead atoms. The van der Waals surface area contributed by atoms with Crippen molar-refractivity contribution in [3.8, 4) is 0 Å². The number of rotatable bonds is 13. The van der Waals surface area contributed by atoms with Gasteiger partial charge >= 0.3 is 0 Å². The highest BCUT2D eigenvalue weighted by Gasteiger charge is 2.52. The monoisotopic (exact) mass is 656 g/mol. The lowest BCUT2D eigenvalue weighted by Gasteiger charge is -2.28. The molecule has 0 radical (unpaired) electrons. The zero-order valence-electron chi connectivity index (χ0n) is 27.2. The van der Waals surface area contributed by atoms with Crippen LogP contribution in [0.5, 0.6) is 0 Å². The standard InChI is InChI=1S/C35H44N8O5/c1-23(7-2-3-17-42-22-27(14-18-44)40-41-42)35(48)28-20-26(39-33(46)30-11-6-16-37-30)12-13-31(28)43(34(35)47)21-24-8-4-9-25(19-24)38-32(45)29-10-5-15-36-29/h2,4,7-9,12-13,19-20,22-23,29-30,36-37,44,48H,3,5-6,10-11,14-18,21H2,1H3,(H,38,45)(H,39,46)/b7-2+/t23-,29-,30-,35+/m1/s1. The SMILES string of the molecule is C[C@H](/C=C/CCn1cc(CCO)nn1)[C@@]1(O)C(=O)N(Cc2cccc(NC(=O)[C@H]3CCCN3)c2)c2ccc(NC(=O)[C@H]3CCCN3)cc21. The Kier molecular flexibility index (Phi) is 10.3. The zero-order valence-corrected chi connectivity index (χ0v) is 27.2. The van der Waals surface area contributed by atoms with Crippen molar-refractivity contribution >= 4 is 34.8 Å². The van der Waals surface area contributed by atoms with Crippen molar-refractivity contribution in [1.29, 1.82) is 0 Å². The number of nitrogens with one attached hydrogen (secondary N) is 4. The molecule has 0 saturated carbocycles. The first-order valence-corrected chi connectivity index (χ1v) is 16.8. The first kappa shape index (κ1) is 33.5. The number of aliphatic hydroxyl groups excluding tert-OH is 1.